The molecule has 0 atom stereocenters. The van der Waals surface area contributed by atoms with Crippen LogP contribution >= 0.6 is 0 Å². The molecule has 0 aromatic rings. The number of carbonyl (C=O) groups is 1. The molecule has 0 bridgehead atoms. The van der Waals surface area contributed by atoms with E-state index in [1.54, 1.807) is 0 Å². The van der Waals surface area contributed by atoms with Crippen molar-refractivity contribution in [1.29, 1.82) is 0 Å². The summed E-state index contributed by atoms with van der Waals surface area (Å²) in [6, 6.07) is 0. The topological polar surface area (TPSA) is 26.3 Å². The molecule has 0 radical (unpaired) electrons. The van der Waals surface area contributed by atoms with Crippen molar-refractivity contribution in [2.75, 3.05) is 6.61 Å². The molecule has 0 aromatic carbocycles. The van der Waals surface area contributed by atoms with Crippen LogP contribution in [0.5, 0.6) is 0 Å². The van der Waals surface area contributed by atoms with Crippen molar-refractivity contribution >= 4 is 5.97 Å². The molecule has 0 heterocycles. The molecule has 0 spiro atoms. The molecule has 0 fully saturated rings. The predicted molar refractivity (Wildman–Crippen MR) is 51.8 cm³/mol. The van der Waals surface area contributed by atoms with Crippen molar-refractivity contribution in [1.82, 2.24) is 0 Å². The number of hydrogen-bond donors (Lipinski definition) is 0. The van der Waals surface area contributed by atoms with Crippen LogP contribution < -0.4 is 0 Å². The molecule has 0 saturated heterocycles. The van der Waals surface area contributed by atoms with E-state index in [2.05, 4.69) is 31.4 Å². The van der Waals surface area contributed by atoms with Gasteiger partial charge in [0.15, 0.2) is 0 Å². The third-order valence-electron chi connectivity index (χ3n) is 0.799. The van der Waals surface area contributed by atoms with Gasteiger partial charge in [0, 0.05) is 6.08 Å². The maximum atomic E-state index is 10.2. The van der Waals surface area contributed by atoms with E-state index in [9.17, 15) is 4.79 Å². The predicted octanol–water partition coefficient (Wildman–Crippen LogP) is 2.48. The fraction of sp³-hybridized carbons (Fsp3) is 0.300. The summed E-state index contributed by atoms with van der Waals surface area (Å²) in [6.45, 7) is 12.4. The Labute approximate surface area is 74.2 Å². The van der Waals surface area contributed by atoms with Crippen molar-refractivity contribution in [3.63, 3.8) is 0 Å². The van der Waals surface area contributed by atoms with Crippen LogP contribution in [0.4, 0.5) is 0 Å². The van der Waals surface area contributed by atoms with Gasteiger partial charge in [0.2, 0.25) is 0 Å². The lowest BCUT2D eigenvalue weighted by Crippen LogP contribution is -1.98. The molecular formula is C10H16O2. The van der Waals surface area contributed by atoms with E-state index < -0.39 is 5.97 Å². The van der Waals surface area contributed by atoms with Gasteiger partial charge in [-0.05, 0) is 6.42 Å². The van der Waals surface area contributed by atoms with E-state index in [-0.39, 0.29) is 6.61 Å². The molecule has 2 heteroatoms. The summed E-state index contributed by atoms with van der Waals surface area (Å²) in [5, 5.41) is 0. The monoisotopic (exact) mass is 168 g/mol. The van der Waals surface area contributed by atoms with E-state index in [0.717, 1.165) is 12.5 Å². The maximum absolute atomic E-state index is 10.2. The van der Waals surface area contributed by atoms with Crippen LogP contribution in [0.3, 0.4) is 0 Å². The molecule has 68 valence electrons. The van der Waals surface area contributed by atoms with E-state index >= 15 is 0 Å². The van der Waals surface area contributed by atoms with Crippen LogP contribution in [0.2, 0.25) is 0 Å². The molecule has 0 amide bonds. The zero-order chi connectivity index (χ0) is 9.82. The highest BCUT2D eigenvalue weighted by Crippen LogP contribution is 1.77. The van der Waals surface area contributed by atoms with Gasteiger partial charge in [0.05, 0.1) is 0 Å². The summed E-state index contributed by atoms with van der Waals surface area (Å²) >= 11 is 0. The molecule has 0 unspecified atom stereocenters. The fourth-order valence-electron chi connectivity index (χ4n) is 0.200. The maximum Gasteiger partial charge on any atom is 0.330 e. The number of allylic oxidation sites excluding steroid dienone is 1. The van der Waals surface area contributed by atoms with Crippen LogP contribution in [0, 0.1) is 0 Å². The minimum Gasteiger partial charge on any atom is -0.458 e. The molecule has 2 nitrogen and oxygen atoms in total. The lowest BCUT2D eigenvalue weighted by atomic mass is 10.5. The summed E-state index contributed by atoms with van der Waals surface area (Å²) in [7, 11) is 0. The highest BCUT2D eigenvalue weighted by molar-refractivity contribution is 5.81. The van der Waals surface area contributed by atoms with Crippen LogP contribution in [0.1, 0.15) is 13.3 Å². The average molecular weight is 168 g/mol. The first-order chi connectivity index (χ1) is 5.72. The van der Waals surface area contributed by atoms with Crippen molar-refractivity contribution in [3.8, 4) is 0 Å². The Kier molecular flexibility index (Phi) is 13.7. The lowest BCUT2D eigenvalue weighted by Gasteiger charge is -1.92. The Bertz CT molecular complexity index is 148. The molecule has 0 aliphatic rings. The summed E-state index contributed by atoms with van der Waals surface area (Å²) < 4.78 is 4.47. The molecule has 0 aliphatic carbocycles. The van der Waals surface area contributed by atoms with E-state index in [0.29, 0.717) is 0 Å². The average Bonchev–Trinajstić information content (AvgIpc) is 2.14. The summed E-state index contributed by atoms with van der Waals surface area (Å²) in [5.74, 6) is -0.412. The first kappa shape index (κ1) is 13.3. The van der Waals surface area contributed by atoms with Gasteiger partial charge in [-0.25, -0.2) is 4.79 Å². The Hall–Kier alpha value is -1.31. The molecule has 0 aliphatic heterocycles. The smallest absolute Gasteiger partial charge is 0.330 e. The summed E-state index contributed by atoms with van der Waals surface area (Å²) in [5.41, 5.74) is 0. The van der Waals surface area contributed by atoms with Crippen molar-refractivity contribution in [2.24, 2.45) is 0 Å². The molecular weight excluding hydrogens is 152 g/mol. The quantitative estimate of drug-likeness (QED) is 0.366. The largest absolute Gasteiger partial charge is 0.458 e. The lowest BCUT2D eigenvalue weighted by molar-refractivity contribution is -0.136. The number of carbonyl (C=O) groups excluding carboxylic acids is 1. The first-order valence-electron chi connectivity index (χ1n) is 3.73. The van der Waals surface area contributed by atoms with Gasteiger partial charge < -0.3 is 4.74 Å². The first-order valence-corrected chi connectivity index (χ1v) is 3.73. The van der Waals surface area contributed by atoms with Gasteiger partial charge in [0.1, 0.15) is 6.61 Å². The SMILES string of the molecule is C=CCC.C=CCOC(=O)C=C. The number of rotatable bonds is 4. The third kappa shape index (κ3) is 15.9. The Balaban J connectivity index is 0. The normalized spacial score (nSPS) is 7.08. The van der Waals surface area contributed by atoms with E-state index in [1.165, 1.54) is 6.08 Å². The van der Waals surface area contributed by atoms with E-state index in [4.69, 9.17) is 0 Å². The zero-order valence-corrected chi connectivity index (χ0v) is 7.58. The van der Waals surface area contributed by atoms with Gasteiger partial charge in [-0.2, -0.15) is 0 Å². The number of hydrogen-bond acceptors (Lipinski definition) is 2. The summed E-state index contributed by atoms with van der Waals surface area (Å²) in [4.78, 5) is 10.2. The second-order valence-corrected chi connectivity index (χ2v) is 1.82. The zero-order valence-electron chi connectivity index (χ0n) is 7.58. The second kappa shape index (κ2) is 12.4. The van der Waals surface area contributed by atoms with Crippen LogP contribution in [0.15, 0.2) is 38.0 Å². The van der Waals surface area contributed by atoms with Crippen molar-refractivity contribution < 1.29 is 9.53 Å². The second-order valence-electron chi connectivity index (χ2n) is 1.82. The molecule has 0 saturated carbocycles. The molecule has 12 heavy (non-hydrogen) atoms. The molecule has 0 rings (SSSR count). The molecule has 0 N–H and O–H groups in total. The third-order valence-corrected chi connectivity index (χ3v) is 0.799. The Morgan fingerprint density at radius 2 is 1.83 bits per heavy atom. The van der Waals surface area contributed by atoms with Crippen LogP contribution in [-0.2, 0) is 9.53 Å². The minimum absolute atomic E-state index is 0.255. The number of esters is 1. The van der Waals surface area contributed by atoms with Crippen molar-refractivity contribution in [2.45, 2.75) is 13.3 Å². The molecule has 0 aromatic heterocycles. The van der Waals surface area contributed by atoms with Gasteiger partial charge in [-0.15, -0.1) is 6.58 Å². The highest BCUT2D eigenvalue weighted by Gasteiger charge is 1.87. The van der Waals surface area contributed by atoms with Crippen LogP contribution in [-0.4, -0.2) is 12.6 Å². The van der Waals surface area contributed by atoms with Crippen LogP contribution in [0.25, 0.3) is 0 Å². The minimum atomic E-state index is -0.412. The van der Waals surface area contributed by atoms with Gasteiger partial charge in [0.25, 0.3) is 0 Å². The summed E-state index contributed by atoms with van der Waals surface area (Å²) in [6.07, 6.45) is 5.57. The van der Waals surface area contributed by atoms with Crippen molar-refractivity contribution in [3.05, 3.63) is 38.0 Å². The van der Waals surface area contributed by atoms with Gasteiger partial charge in [-0.3, -0.25) is 0 Å². The number of ether oxygens (including phenoxy) is 1. The van der Waals surface area contributed by atoms with E-state index in [1.807, 2.05) is 6.08 Å². The van der Waals surface area contributed by atoms with Gasteiger partial charge >= 0.3 is 5.97 Å². The standard InChI is InChI=1S/C6H8O2.C4H8/c1-3-5-8-6(7)4-2;1-3-4-2/h3-4H,1-2,5H2;3H,1,4H2,2H3. The fourth-order valence-corrected chi connectivity index (χ4v) is 0.200. The Morgan fingerprint density at radius 1 is 1.33 bits per heavy atom. The van der Waals surface area contributed by atoms with Gasteiger partial charge in [-0.1, -0.05) is 32.2 Å². The highest BCUT2D eigenvalue weighted by atomic mass is 16.5. The Morgan fingerprint density at radius 3 is 2.08 bits per heavy atom.